The van der Waals surface area contributed by atoms with Gasteiger partial charge in [-0.25, -0.2) is 9.59 Å². The van der Waals surface area contributed by atoms with E-state index in [9.17, 15) is 83.1 Å². The molecule has 0 aromatic carbocycles. The minimum Gasteiger partial charge on any atom is -0.479 e. The predicted molar refractivity (Wildman–Crippen MR) is 297 cm³/mol. The molecule has 12 atom stereocenters. The Morgan fingerprint density at radius 1 is 0.639 bits per heavy atom. The maximum absolute atomic E-state index is 14.2. The van der Waals surface area contributed by atoms with E-state index in [1.54, 1.807) is 0 Å². The number of carboxylic acids is 1. The lowest BCUT2D eigenvalue weighted by Crippen LogP contribution is -2.62. The monoisotopic (exact) mass is 1210 g/mol. The number of halogens is 1. The Labute approximate surface area is 486 Å². The minimum absolute atomic E-state index is 0.140. The van der Waals surface area contributed by atoms with E-state index in [1.807, 2.05) is 10.6 Å². The number of unbranched alkanes of at least 4 members (excludes halogenated alkanes) is 9. The molecule has 1 saturated heterocycles. The summed E-state index contributed by atoms with van der Waals surface area (Å²) in [5.74, 6) is -17.0. The van der Waals surface area contributed by atoms with E-state index in [4.69, 9.17) is 39.3 Å². The summed E-state index contributed by atoms with van der Waals surface area (Å²) < 4.78 is 5.29. The van der Waals surface area contributed by atoms with Gasteiger partial charge in [0.05, 0.1) is 37.0 Å². The number of aliphatic hydroxyl groups is 4. The number of primary amides is 1. The van der Waals surface area contributed by atoms with Gasteiger partial charge in [-0.1, -0.05) is 70.8 Å². The van der Waals surface area contributed by atoms with Crippen molar-refractivity contribution in [2.24, 2.45) is 22.9 Å². The number of hydrogen-bond acceptors (Lipinski definition) is 20. The molecule has 32 heteroatoms. The molecular formula is C51H88ClN13O18. The zero-order valence-corrected chi connectivity index (χ0v) is 48.0. The maximum Gasteiger partial charge on any atom is 0.335 e. The number of cyclic esters (lactones) is 1. The van der Waals surface area contributed by atoms with Crippen LogP contribution in [-0.2, 0) is 62.3 Å². The molecule has 1 rings (SSSR count). The van der Waals surface area contributed by atoms with Crippen molar-refractivity contribution in [1.82, 2.24) is 47.9 Å². The lowest BCUT2D eigenvalue weighted by atomic mass is 10.0. The van der Waals surface area contributed by atoms with E-state index in [2.05, 4.69) is 44.1 Å². The first-order valence-electron chi connectivity index (χ1n) is 27.8. The molecule has 0 spiro atoms. The first kappa shape index (κ1) is 74.4. The molecule has 1 aliphatic rings. The molecule has 1 heterocycles. The zero-order valence-electron chi connectivity index (χ0n) is 47.3. The van der Waals surface area contributed by atoms with Gasteiger partial charge in [-0.2, -0.15) is 0 Å². The second-order valence-electron chi connectivity index (χ2n) is 19.9. The van der Waals surface area contributed by atoms with Crippen LogP contribution >= 0.6 is 11.6 Å². The summed E-state index contributed by atoms with van der Waals surface area (Å²) in [6, 6.07) is -15.5. The number of ether oxygens (including phenoxy) is 1. The predicted octanol–water partition coefficient (Wildman–Crippen LogP) is -5.76. The summed E-state index contributed by atoms with van der Waals surface area (Å²) >= 11 is 5.86. The van der Waals surface area contributed by atoms with Crippen LogP contribution in [0.15, 0.2) is 11.8 Å². The van der Waals surface area contributed by atoms with Gasteiger partial charge in [0.15, 0.2) is 12.1 Å². The summed E-state index contributed by atoms with van der Waals surface area (Å²) in [4.78, 5) is 163. The average molecular weight is 1210 g/mol. The largest absolute Gasteiger partial charge is 0.479 e. The van der Waals surface area contributed by atoms with Crippen LogP contribution in [0.5, 0.6) is 0 Å². The SMILES string of the molecule is C/C=C1\NC(=O)[C@H]([C@H](C)O)NC(=O)[C@H](CCN)NC(=O)[C@H](CCCCN)NC(=O)[C@H](CC(N)=O)NC(=O)[C@@H](CCN)NC(=O)[C@@H](NC(=O)C[C@H](O)CCCCCCCCCCC)COC(=O)[C@H]([C@H](O)CCl)NC(=O)[C@H]([C@H](O)C(=O)O)NC1=O. The van der Waals surface area contributed by atoms with Crippen LogP contribution in [0.3, 0.4) is 0 Å². The number of nitrogens with one attached hydrogen (secondary N) is 9. The summed E-state index contributed by atoms with van der Waals surface area (Å²) in [7, 11) is 0. The number of amides is 10. The summed E-state index contributed by atoms with van der Waals surface area (Å²) in [5, 5.41) is 72.6. The molecule has 22 N–H and O–H groups in total. The van der Waals surface area contributed by atoms with Crippen LogP contribution in [0.2, 0.25) is 0 Å². The van der Waals surface area contributed by atoms with Crippen LogP contribution in [0.1, 0.15) is 130 Å². The number of aliphatic carboxylic acids is 1. The fourth-order valence-electron chi connectivity index (χ4n) is 8.25. The summed E-state index contributed by atoms with van der Waals surface area (Å²) in [6.45, 7) is 2.70. The van der Waals surface area contributed by atoms with E-state index in [1.165, 1.54) is 6.92 Å². The molecule has 1 aliphatic heterocycles. The van der Waals surface area contributed by atoms with Crippen LogP contribution in [0, 0.1) is 0 Å². The number of allylic oxidation sites excluding steroid dienone is 1. The third kappa shape index (κ3) is 28.0. The van der Waals surface area contributed by atoms with Crippen LogP contribution in [-0.4, -0.2) is 201 Å². The van der Waals surface area contributed by atoms with Crippen molar-refractivity contribution in [2.45, 2.75) is 203 Å². The van der Waals surface area contributed by atoms with Crippen LogP contribution in [0.4, 0.5) is 0 Å². The first-order chi connectivity index (χ1) is 39.3. The number of nitrogens with two attached hydrogens (primary N) is 4. The van der Waals surface area contributed by atoms with E-state index >= 15 is 0 Å². The Morgan fingerprint density at radius 2 is 1.14 bits per heavy atom. The van der Waals surface area contributed by atoms with Gasteiger partial charge in [0.25, 0.3) is 5.91 Å². The third-order valence-corrected chi connectivity index (χ3v) is 13.3. The highest BCUT2D eigenvalue weighted by Gasteiger charge is 2.41. The number of aliphatic hydroxyl groups excluding tert-OH is 4. The Bertz CT molecular complexity index is 2190. The minimum atomic E-state index is -2.82. The lowest BCUT2D eigenvalue weighted by molar-refractivity contribution is -0.155. The first-order valence-corrected chi connectivity index (χ1v) is 28.3. The Hall–Kier alpha value is -6.61. The standard InChI is InChI=1S/C51H88ClN13O18/c1-4-6-7-8-9-10-11-12-13-16-28(67)23-37(70)57-34-26-83-51(82)39(35(68)25-52)64-49(79)40(41(71)50(80)81)65-42(72)29(5-2)58-48(78)38(27(3)66)63-45(75)32(19-22-55)60-43(73)30(17-14-15-20-53)59-46(76)33(24-36(56)69)62-44(74)31(18-21-54)61-47(34)77/h5,27-28,30-35,38-41,66-68,71H,4,6-26,53-55H2,1-3H3,(H2,56,69)(H,57,70)(H,58,78)(H,59,76)(H,60,73)(H,61,77)(H,62,74)(H,63,75)(H,64,79)(H,65,72)(H,80,81)/b29-5-/t27-,28+,30-,31+,32-,33-,34-,35+,38-,39-,40-,41-/m0/s1. The highest BCUT2D eigenvalue weighted by molar-refractivity contribution is 6.18. The fraction of sp³-hybridized carbons (Fsp3) is 0.725. The Morgan fingerprint density at radius 3 is 1.65 bits per heavy atom. The molecular weight excluding hydrogens is 1120 g/mol. The number of hydrogen-bond donors (Lipinski definition) is 18. The lowest BCUT2D eigenvalue weighted by Gasteiger charge is -2.28. The van der Waals surface area contributed by atoms with Gasteiger partial charge >= 0.3 is 11.9 Å². The second-order valence-corrected chi connectivity index (χ2v) is 20.2. The molecule has 0 aromatic heterocycles. The fourth-order valence-corrected chi connectivity index (χ4v) is 8.43. The highest BCUT2D eigenvalue weighted by atomic mass is 35.5. The van der Waals surface area contributed by atoms with E-state index in [-0.39, 0.29) is 45.3 Å². The summed E-state index contributed by atoms with van der Waals surface area (Å²) in [6.07, 6.45) is 0.0986. The summed E-state index contributed by atoms with van der Waals surface area (Å²) in [5.41, 5.74) is 21.9. The molecule has 0 saturated carbocycles. The number of esters is 1. The number of rotatable bonds is 28. The Balaban J connectivity index is 4.01. The van der Waals surface area contributed by atoms with Gasteiger partial charge in [-0.15, -0.1) is 11.6 Å². The number of carboxylic acid groups (broad SMARTS) is 1. The van der Waals surface area contributed by atoms with Gasteiger partial charge in [0, 0.05) is 0 Å². The van der Waals surface area contributed by atoms with Crippen LogP contribution in [0.25, 0.3) is 0 Å². The molecule has 10 amide bonds. The molecule has 1 fully saturated rings. The maximum atomic E-state index is 14.2. The van der Waals surface area contributed by atoms with Crippen molar-refractivity contribution in [3.63, 3.8) is 0 Å². The highest BCUT2D eigenvalue weighted by Crippen LogP contribution is 2.14. The van der Waals surface area contributed by atoms with E-state index < -0.39 is 181 Å². The van der Waals surface area contributed by atoms with Gasteiger partial charge < -0.3 is 101 Å². The zero-order chi connectivity index (χ0) is 62.8. The normalized spacial score (nSPS) is 24.5. The van der Waals surface area contributed by atoms with Crippen molar-refractivity contribution in [3.05, 3.63) is 11.8 Å². The van der Waals surface area contributed by atoms with Gasteiger partial charge in [-0.3, -0.25) is 47.9 Å². The molecule has 472 valence electrons. The van der Waals surface area contributed by atoms with E-state index in [0.717, 1.165) is 64.4 Å². The molecule has 0 radical (unpaired) electrons. The molecule has 0 unspecified atom stereocenters. The van der Waals surface area contributed by atoms with Crippen molar-refractivity contribution in [3.8, 4) is 0 Å². The average Bonchev–Trinajstić information content (AvgIpc) is 3.52. The third-order valence-electron chi connectivity index (χ3n) is 13.0. The molecule has 0 aromatic rings. The van der Waals surface area contributed by atoms with Gasteiger partial charge in [-0.05, 0) is 72.0 Å². The Kier molecular flexibility index (Phi) is 36.4. The number of carbonyl (C=O) groups is 12. The molecule has 31 nitrogen and oxygen atoms in total. The quantitative estimate of drug-likeness (QED) is 0.0150. The molecule has 0 aliphatic carbocycles. The topological polar surface area (TPSA) is 528 Å². The van der Waals surface area contributed by atoms with Crippen LogP contribution < -0.4 is 70.8 Å². The van der Waals surface area contributed by atoms with E-state index in [0.29, 0.717) is 12.8 Å². The van der Waals surface area contributed by atoms with Crippen molar-refractivity contribution >= 4 is 82.6 Å². The number of alkyl halides is 1. The van der Waals surface area contributed by atoms with Crippen molar-refractivity contribution < 1.29 is 87.8 Å². The van der Waals surface area contributed by atoms with Gasteiger partial charge in [0.1, 0.15) is 54.6 Å². The van der Waals surface area contributed by atoms with Crippen molar-refractivity contribution in [2.75, 3.05) is 32.1 Å². The van der Waals surface area contributed by atoms with Crippen molar-refractivity contribution in [1.29, 1.82) is 0 Å². The molecule has 0 bridgehead atoms. The number of carbonyl (C=O) groups excluding carboxylic acids is 11. The van der Waals surface area contributed by atoms with Gasteiger partial charge in [0.2, 0.25) is 53.2 Å². The smallest absolute Gasteiger partial charge is 0.335 e. The second kappa shape index (κ2) is 40.6. The molecule has 83 heavy (non-hydrogen) atoms.